The number of nitrogens with one attached hydrogen (secondary N) is 1. The van der Waals surface area contributed by atoms with Crippen molar-refractivity contribution in [2.24, 2.45) is 0 Å². The zero-order valence-corrected chi connectivity index (χ0v) is 17.3. The SMILES string of the molecule is CCc1cccc(C)c1NC(=O)CCN1CCC[C@@H](c2nnc3ccccn23)C1. The van der Waals surface area contributed by atoms with Crippen LogP contribution < -0.4 is 5.32 Å². The van der Waals surface area contributed by atoms with Gasteiger partial charge in [-0.05, 0) is 56.0 Å². The Morgan fingerprint density at radius 1 is 1.21 bits per heavy atom. The van der Waals surface area contributed by atoms with Gasteiger partial charge < -0.3 is 10.2 Å². The van der Waals surface area contributed by atoms with Crippen LogP contribution in [0.3, 0.4) is 0 Å². The lowest BCUT2D eigenvalue weighted by molar-refractivity contribution is -0.116. The summed E-state index contributed by atoms with van der Waals surface area (Å²) in [5.74, 6) is 1.47. The summed E-state index contributed by atoms with van der Waals surface area (Å²) in [6.07, 6.45) is 5.68. The van der Waals surface area contributed by atoms with Gasteiger partial charge in [0.15, 0.2) is 5.65 Å². The second-order valence-electron chi connectivity index (χ2n) is 7.89. The number of hydrogen-bond acceptors (Lipinski definition) is 4. The van der Waals surface area contributed by atoms with Crippen LogP contribution in [0.2, 0.25) is 0 Å². The molecule has 1 saturated heterocycles. The Labute approximate surface area is 171 Å². The molecule has 0 bridgehead atoms. The number of aryl methyl sites for hydroxylation is 2. The number of carbonyl (C=O) groups is 1. The normalized spacial score (nSPS) is 17.5. The van der Waals surface area contributed by atoms with Crippen LogP contribution >= 0.6 is 0 Å². The van der Waals surface area contributed by atoms with Crippen LogP contribution in [0.4, 0.5) is 5.69 Å². The number of pyridine rings is 1. The summed E-state index contributed by atoms with van der Waals surface area (Å²) in [6, 6.07) is 12.2. The van der Waals surface area contributed by atoms with Crippen LogP contribution in [0.15, 0.2) is 42.6 Å². The maximum Gasteiger partial charge on any atom is 0.225 e. The lowest BCUT2D eigenvalue weighted by Gasteiger charge is -2.31. The Morgan fingerprint density at radius 2 is 2.10 bits per heavy atom. The first-order valence-corrected chi connectivity index (χ1v) is 10.6. The molecule has 1 atom stereocenters. The van der Waals surface area contributed by atoms with Crippen molar-refractivity contribution >= 4 is 17.2 Å². The lowest BCUT2D eigenvalue weighted by atomic mass is 9.97. The fraction of sp³-hybridized carbons (Fsp3) is 0.435. The number of nitrogens with zero attached hydrogens (tertiary/aromatic N) is 4. The van der Waals surface area contributed by atoms with E-state index < -0.39 is 0 Å². The zero-order valence-electron chi connectivity index (χ0n) is 17.3. The van der Waals surface area contributed by atoms with Crippen molar-refractivity contribution in [1.29, 1.82) is 0 Å². The van der Waals surface area contributed by atoms with Crippen LogP contribution in [-0.2, 0) is 11.2 Å². The molecule has 6 heteroatoms. The molecule has 1 N–H and O–H groups in total. The number of anilines is 1. The Morgan fingerprint density at radius 3 is 2.97 bits per heavy atom. The molecule has 1 fully saturated rings. The molecule has 0 unspecified atom stereocenters. The highest BCUT2D eigenvalue weighted by Gasteiger charge is 2.25. The number of carbonyl (C=O) groups excluding carboxylic acids is 1. The van der Waals surface area contributed by atoms with Gasteiger partial charge in [-0.25, -0.2) is 0 Å². The predicted octanol–water partition coefficient (Wildman–Crippen LogP) is 3.81. The number of para-hydroxylation sites is 1. The molecule has 1 aliphatic heterocycles. The second kappa shape index (κ2) is 8.74. The van der Waals surface area contributed by atoms with E-state index in [1.807, 2.05) is 43.5 Å². The summed E-state index contributed by atoms with van der Waals surface area (Å²) in [5, 5.41) is 11.9. The number of likely N-dealkylation sites (tertiary alicyclic amines) is 1. The van der Waals surface area contributed by atoms with E-state index in [-0.39, 0.29) is 5.91 Å². The summed E-state index contributed by atoms with van der Waals surface area (Å²) in [6.45, 7) is 6.89. The first-order chi connectivity index (χ1) is 14.2. The largest absolute Gasteiger partial charge is 0.326 e. The monoisotopic (exact) mass is 391 g/mol. The first-order valence-electron chi connectivity index (χ1n) is 10.6. The molecular formula is C23H29N5O. The minimum absolute atomic E-state index is 0.0871. The van der Waals surface area contributed by atoms with Gasteiger partial charge in [0.1, 0.15) is 5.82 Å². The number of piperidine rings is 1. The summed E-state index contributed by atoms with van der Waals surface area (Å²) in [4.78, 5) is 15.0. The smallest absolute Gasteiger partial charge is 0.225 e. The van der Waals surface area contributed by atoms with Crippen LogP contribution in [-0.4, -0.2) is 45.0 Å². The second-order valence-corrected chi connectivity index (χ2v) is 7.89. The van der Waals surface area contributed by atoms with Crippen LogP contribution in [0.5, 0.6) is 0 Å². The van der Waals surface area contributed by atoms with Crippen molar-refractivity contribution in [1.82, 2.24) is 19.5 Å². The number of benzene rings is 1. The maximum atomic E-state index is 12.6. The van der Waals surface area contributed by atoms with Gasteiger partial charge in [-0.2, -0.15) is 0 Å². The van der Waals surface area contributed by atoms with E-state index in [2.05, 4.69) is 37.8 Å². The fourth-order valence-corrected chi connectivity index (χ4v) is 4.27. The minimum Gasteiger partial charge on any atom is -0.326 e. The maximum absolute atomic E-state index is 12.6. The number of rotatable bonds is 6. The topological polar surface area (TPSA) is 62.5 Å². The van der Waals surface area contributed by atoms with Crippen LogP contribution in [0.1, 0.15) is 49.1 Å². The van der Waals surface area contributed by atoms with Gasteiger partial charge in [0.25, 0.3) is 0 Å². The molecule has 3 aromatic rings. The molecule has 1 amide bonds. The van der Waals surface area contributed by atoms with Gasteiger partial charge in [0, 0.05) is 37.3 Å². The number of amides is 1. The standard InChI is InChI=1S/C23H29N5O/c1-3-18-9-6-8-17(2)22(18)24-21(29)12-15-27-13-7-10-19(16-27)23-26-25-20-11-4-5-14-28(20)23/h4-6,8-9,11,14,19H,3,7,10,12-13,15-16H2,1-2H3,(H,24,29)/t19-/m1/s1. The molecule has 1 aromatic carbocycles. The molecule has 0 aliphatic carbocycles. The predicted molar refractivity (Wildman–Crippen MR) is 115 cm³/mol. The molecule has 29 heavy (non-hydrogen) atoms. The Bertz CT molecular complexity index is 996. The van der Waals surface area contributed by atoms with Crippen molar-refractivity contribution in [3.63, 3.8) is 0 Å². The van der Waals surface area contributed by atoms with Crippen LogP contribution in [0, 0.1) is 6.92 Å². The molecule has 0 radical (unpaired) electrons. The average Bonchev–Trinajstić information content (AvgIpc) is 3.18. The number of aromatic nitrogens is 3. The number of fused-ring (bicyclic) bond motifs is 1. The third-order valence-corrected chi connectivity index (χ3v) is 5.87. The highest BCUT2D eigenvalue weighted by atomic mass is 16.1. The molecule has 4 rings (SSSR count). The average molecular weight is 392 g/mol. The van der Waals surface area contributed by atoms with E-state index in [1.54, 1.807) is 0 Å². The van der Waals surface area contributed by atoms with E-state index in [4.69, 9.17) is 0 Å². The van der Waals surface area contributed by atoms with Gasteiger partial charge in [0.05, 0.1) is 0 Å². The first kappa shape index (κ1) is 19.6. The van der Waals surface area contributed by atoms with Gasteiger partial charge in [-0.3, -0.25) is 9.20 Å². The third kappa shape index (κ3) is 4.32. The highest BCUT2D eigenvalue weighted by Crippen LogP contribution is 2.26. The van der Waals surface area contributed by atoms with E-state index in [1.165, 1.54) is 5.56 Å². The van der Waals surface area contributed by atoms with Crippen molar-refractivity contribution in [3.8, 4) is 0 Å². The van der Waals surface area contributed by atoms with E-state index in [0.29, 0.717) is 12.3 Å². The minimum atomic E-state index is 0.0871. The lowest BCUT2D eigenvalue weighted by Crippen LogP contribution is -2.37. The Balaban J connectivity index is 1.36. The Kier molecular flexibility index (Phi) is 5.90. The summed E-state index contributed by atoms with van der Waals surface area (Å²) in [5.41, 5.74) is 4.18. The molecule has 0 spiro atoms. The highest BCUT2D eigenvalue weighted by molar-refractivity contribution is 5.92. The van der Waals surface area contributed by atoms with Gasteiger partial charge in [0.2, 0.25) is 5.91 Å². The molecule has 0 saturated carbocycles. The molecule has 3 heterocycles. The van der Waals surface area contributed by atoms with Crippen molar-refractivity contribution in [2.45, 2.75) is 45.4 Å². The van der Waals surface area contributed by atoms with Crippen molar-refractivity contribution in [3.05, 3.63) is 59.5 Å². The molecule has 152 valence electrons. The quantitative estimate of drug-likeness (QED) is 0.694. The van der Waals surface area contributed by atoms with E-state index in [0.717, 1.165) is 61.6 Å². The Hall–Kier alpha value is -2.73. The van der Waals surface area contributed by atoms with E-state index in [9.17, 15) is 4.79 Å². The summed E-state index contributed by atoms with van der Waals surface area (Å²) in [7, 11) is 0. The van der Waals surface area contributed by atoms with Crippen molar-refractivity contribution < 1.29 is 4.79 Å². The molecular weight excluding hydrogens is 362 g/mol. The number of hydrogen-bond donors (Lipinski definition) is 1. The van der Waals surface area contributed by atoms with Gasteiger partial charge in [-0.1, -0.05) is 31.2 Å². The molecule has 1 aliphatic rings. The summed E-state index contributed by atoms with van der Waals surface area (Å²) >= 11 is 0. The molecule has 2 aromatic heterocycles. The van der Waals surface area contributed by atoms with Gasteiger partial charge in [-0.15, -0.1) is 10.2 Å². The third-order valence-electron chi connectivity index (χ3n) is 5.87. The zero-order chi connectivity index (χ0) is 20.2. The fourth-order valence-electron chi connectivity index (χ4n) is 4.27. The van der Waals surface area contributed by atoms with Crippen molar-refractivity contribution in [2.75, 3.05) is 25.0 Å². The van der Waals surface area contributed by atoms with E-state index >= 15 is 0 Å². The van der Waals surface area contributed by atoms with Crippen LogP contribution in [0.25, 0.3) is 5.65 Å². The molecule has 6 nitrogen and oxygen atoms in total. The van der Waals surface area contributed by atoms with Gasteiger partial charge >= 0.3 is 0 Å². The summed E-state index contributed by atoms with van der Waals surface area (Å²) < 4.78 is 2.09.